The van der Waals surface area contributed by atoms with E-state index < -0.39 is 0 Å². The molecule has 6 nitrogen and oxygen atoms in total. The third kappa shape index (κ3) is 5.47. The van der Waals surface area contributed by atoms with Crippen molar-refractivity contribution in [2.24, 2.45) is 5.92 Å². The molecule has 194 valence electrons. The van der Waals surface area contributed by atoms with Crippen molar-refractivity contribution in [3.05, 3.63) is 102 Å². The standard InChI is InChI=1S/C30H30N4O2S2/c1-18(2)29(35)32-23-13-10-21(17-20(23)4)34-28(27(33-30(34)37)24-7-5-6-16-31-24)25-14-15-26(36-25)38-22-11-8-19(3)9-12-22/h5-18,27-28H,1-4H3,(H,32,35)(H,33,37)/t27-,28-/m1/s1. The average Bonchev–Trinajstić information content (AvgIpc) is 3.51. The molecule has 8 heteroatoms. The summed E-state index contributed by atoms with van der Waals surface area (Å²) in [6, 6.07) is 23.8. The number of carbonyl (C=O) groups is 1. The van der Waals surface area contributed by atoms with E-state index in [0.29, 0.717) is 5.11 Å². The van der Waals surface area contributed by atoms with Crippen LogP contribution in [0.5, 0.6) is 0 Å². The molecule has 0 spiro atoms. The molecule has 1 saturated heterocycles. The molecule has 1 aliphatic heterocycles. The van der Waals surface area contributed by atoms with Crippen LogP contribution < -0.4 is 15.5 Å². The Hall–Kier alpha value is -3.62. The van der Waals surface area contributed by atoms with Crippen LogP contribution in [0.15, 0.2) is 93.4 Å². The Morgan fingerprint density at radius 2 is 1.87 bits per heavy atom. The van der Waals surface area contributed by atoms with Crippen molar-refractivity contribution in [3.63, 3.8) is 0 Å². The lowest BCUT2D eigenvalue weighted by Gasteiger charge is -2.27. The molecule has 2 aromatic carbocycles. The first-order valence-corrected chi connectivity index (χ1v) is 13.8. The topological polar surface area (TPSA) is 70.4 Å². The van der Waals surface area contributed by atoms with E-state index in [9.17, 15) is 4.79 Å². The Labute approximate surface area is 232 Å². The van der Waals surface area contributed by atoms with Crippen LogP contribution in [-0.2, 0) is 4.79 Å². The van der Waals surface area contributed by atoms with Gasteiger partial charge in [0.2, 0.25) is 5.91 Å². The second kappa shape index (κ2) is 11.0. The maximum Gasteiger partial charge on any atom is 0.226 e. The van der Waals surface area contributed by atoms with Crippen molar-refractivity contribution in [1.82, 2.24) is 10.3 Å². The number of hydrogen-bond acceptors (Lipinski definition) is 5. The molecule has 1 aliphatic rings. The van der Waals surface area contributed by atoms with Gasteiger partial charge in [-0.2, -0.15) is 0 Å². The van der Waals surface area contributed by atoms with E-state index in [4.69, 9.17) is 16.6 Å². The van der Waals surface area contributed by atoms with Gasteiger partial charge in [0.1, 0.15) is 11.8 Å². The smallest absolute Gasteiger partial charge is 0.226 e. The van der Waals surface area contributed by atoms with Crippen molar-refractivity contribution in [1.29, 1.82) is 0 Å². The summed E-state index contributed by atoms with van der Waals surface area (Å²) >= 11 is 7.44. The van der Waals surface area contributed by atoms with Gasteiger partial charge in [-0.25, -0.2) is 0 Å². The molecular formula is C30H30N4O2S2. The molecule has 1 amide bonds. The molecule has 0 aliphatic carbocycles. The van der Waals surface area contributed by atoms with Crippen molar-refractivity contribution in [2.75, 3.05) is 10.2 Å². The number of nitrogens with zero attached hydrogens (tertiary/aromatic N) is 2. The highest BCUT2D eigenvalue weighted by Crippen LogP contribution is 2.44. The number of hydrogen-bond donors (Lipinski definition) is 2. The van der Waals surface area contributed by atoms with Gasteiger partial charge >= 0.3 is 0 Å². The van der Waals surface area contributed by atoms with Crippen LogP contribution in [0, 0.1) is 19.8 Å². The van der Waals surface area contributed by atoms with Crippen molar-refractivity contribution >= 4 is 46.4 Å². The molecule has 0 saturated carbocycles. The minimum Gasteiger partial charge on any atom is -0.452 e. The first-order valence-electron chi connectivity index (χ1n) is 12.6. The minimum atomic E-state index is -0.250. The molecule has 0 radical (unpaired) electrons. The van der Waals surface area contributed by atoms with Crippen molar-refractivity contribution in [2.45, 2.75) is 49.8 Å². The predicted octanol–water partition coefficient (Wildman–Crippen LogP) is 7.21. The number of thiocarbonyl (C=S) groups is 1. The van der Waals surface area contributed by atoms with Gasteiger partial charge in [-0.15, -0.1) is 0 Å². The van der Waals surface area contributed by atoms with Gasteiger partial charge in [-0.05, 0) is 86.2 Å². The van der Waals surface area contributed by atoms with Crippen LogP contribution in [0.4, 0.5) is 11.4 Å². The third-order valence-electron chi connectivity index (χ3n) is 6.50. The monoisotopic (exact) mass is 542 g/mol. The highest BCUT2D eigenvalue weighted by Gasteiger charge is 2.42. The second-order valence-electron chi connectivity index (χ2n) is 9.71. The molecule has 2 N–H and O–H groups in total. The molecule has 2 aromatic heterocycles. The van der Waals surface area contributed by atoms with Crippen LogP contribution >= 0.6 is 24.0 Å². The summed E-state index contributed by atoms with van der Waals surface area (Å²) in [6.45, 7) is 7.82. The lowest BCUT2D eigenvalue weighted by molar-refractivity contribution is -0.118. The number of carbonyl (C=O) groups excluding carboxylic acids is 1. The van der Waals surface area contributed by atoms with Crippen LogP contribution in [0.25, 0.3) is 0 Å². The van der Waals surface area contributed by atoms with E-state index in [0.717, 1.165) is 38.4 Å². The van der Waals surface area contributed by atoms with E-state index in [-0.39, 0.29) is 23.9 Å². The van der Waals surface area contributed by atoms with Gasteiger partial charge in [-0.1, -0.05) is 49.4 Å². The van der Waals surface area contributed by atoms with E-state index >= 15 is 0 Å². The Morgan fingerprint density at radius 3 is 2.55 bits per heavy atom. The van der Waals surface area contributed by atoms with Crippen molar-refractivity contribution < 1.29 is 9.21 Å². The first-order chi connectivity index (χ1) is 18.3. The number of benzene rings is 2. The number of pyridine rings is 1. The first kappa shape index (κ1) is 26.0. The molecule has 1 fully saturated rings. The maximum atomic E-state index is 12.3. The number of aryl methyl sites for hydroxylation is 2. The Morgan fingerprint density at radius 1 is 1.08 bits per heavy atom. The average molecular weight is 543 g/mol. The summed E-state index contributed by atoms with van der Waals surface area (Å²) in [5, 5.41) is 7.88. The molecule has 4 aromatic rings. The Kier molecular flexibility index (Phi) is 7.53. The van der Waals surface area contributed by atoms with Crippen LogP contribution in [0.3, 0.4) is 0 Å². The van der Waals surface area contributed by atoms with Gasteiger partial charge < -0.3 is 20.0 Å². The van der Waals surface area contributed by atoms with Gasteiger partial charge in [-0.3, -0.25) is 9.78 Å². The fraction of sp³-hybridized carbons (Fsp3) is 0.233. The molecular weight excluding hydrogens is 512 g/mol. The highest BCUT2D eigenvalue weighted by molar-refractivity contribution is 7.99. The van der Waals surface area contributed by atoms with Crippen molar-refractivity contribution in [3.8, 4) is 0 Å². The number of anilines is 2. The Balaban J connectivity index is 1.49. The zero-order valence-corrected chi connectivity index (χ0v) is 23.4. The quantitative estimate of drug-likeness (QED) is 0.239. The highest BCUT2D eigenvalue weighted by atomic mass is 32.2. The summed E-state index contributed by atoms with van der Waals surface area (Å²) in [7, 11) is 0. The van der Waals surface area contributed by atoms with Gasteiger partial charge in [0, 0.05) is 28.4 Å². The van der Waals surface area contributed by atoms with E-state index in [1.807, 2.05) is 69.3 Å². The summed E-state index contributed by atoms with van der Waals surface area (Å²) in [5.74, 6) is 0.679. The molecule has 5 rings (SSSR count). The normalized spacial score (nSPS) is 17.1. The maximum absolute atomic E-state index is 12.3. The summed E-state index contributed by atoms with van der Waals surface area (Å²) < 4.78 is 6.42. The number of nitrogens with one attached hydrogen (secondary N) is 2. The minimum absolute atomic E-state index is 0.0125. The molecule has 3 heterocycles. The van der Waals surface area contributed by atoms with Gasteiger partial charge in [0.05, 0.1) is 11.7 Å². The Bertz CT molecular complexity index is 1450. The molecule has 0 bridgehead atoms. The zero-order chi connectivity index (χ0) is 26.8. The SMILES string of the molecule is Cc1ccc(Sc2ccc([C@@H]3[C@@H](c4ccccn4)NC(=S)N3c3ccc(NC(=O)C(C)C)c(C)c3)o2)cc1. The third-order valence-corrected chi connectivity index (χ3v) is 7.74. The molecule has 0 unspecified atom stereocenters. The molecule has 2 atom stereocenters. The van der Waals surface area contributed by atoms with E-state index in [2.05, 4.69) is 51.7 Å². The second-order valence-corrected chi connectivity index (χ2v) is 11.2. The summed E-state index contributed by atoms with van der Waals surface area (Å²) in [4.78, 5) is 20.1. The predicted molar refractivity (Wildman–Crippen MR) is 157 cm³/mol. The van der Waals surface area contributed by atoms with Gasteiger partial charge in [0.15, 0.2) is 10.2 Å². The number of rotatable bonds is 7. The zero-order valence-electron chi connectivity index (χ0n) is 21.8. The van der Waals surface area contributed by atoms with E-state index in [1.54, 1.807) is 18.0 Å². The number of furan rings is 1. The lowest BCUT2D eigenvalue weighted by Crippen LogP contribution is -2.29. The lowest BCUT2D eigenvalue weighted by atomic mass is 10.0. The fourth-order valence-electron chi connectivity index (χ4n) is 4.41. The van der Waals surface area contributed by atoms with E-state index in [1.165, 1.54) is 5.56 Å². The summed E-state index contributed by atoms with van der Waals surface area (Å²) in [5.41, 5.74) is 4.76. The largest absolute Gasteiger partial charge is 0.452 e. The fourth-order valence-corrected chi connectivity index (χ4v) is 5.53. The van der Waals surface area contributed by atoms with Crippen LogP contribution in [0.2, 0.25) is 0 Å². The van der Waals surface area contributed by atoms with Crippen LogP contribution in [0.1, 0.15) is 48.5 Å². The molecule has 38 heavy (non-hydrogen) atoms. The number of amides is 1. The number of aromatic nitrogens is 1. The summed E-state index contributed by atoms with van der Waals surface area (Å²) in [6.07, 6.45) is 1.79. The van der Waals surface area contributed by atoms with Gasteiger partial charge in [0.25, 0.3) is 0 Å². The van der Waals surface area contributed by atoms with Crippen LogP contribution in [-0.4, -0.2) is 16.0 Å².